The van der Waals surface area contributed by atoms with Crippen molar-refractivity contribution in [3.05, 3.63) is 0 Å². The Morgan fingerprint density at radius 3 is 2.38 bits per heavy atom. The lowest BCUT2D eigenvalue weighted by Crippen LogP contribution is -2.52. The first-order chi connectivity index (χ1) is 7.51. The number of hydrogen-bond acceptors (Lipinski definition) is 3. The van der Waals surface area contributed by atoms with Crippen molar-refractivity contribution >= 4 is 5.97 Å². The summed E-state index contributed by atoms with van der Waals surface area (Å²) in [5.41, 5.74) is -0.760. The lowest BCUT2D eigenvalue weighted by atomic mass is 9.97. The van der Waals surface area contributed by atoms with E-state index in [9.17, 15) is 9.90 Å². The summed E-state index contributed by atoms with van der Waals surface area (Å²) in [6, 6.07) is 0.429. The van der Waals surface area contributed by atoms with E-state index in [0.29, 0.717) is 12.5 Å². The maximum absolute atomic E-state index is 11.3. The Morgan fingerprint density at radius 1 is 1.44 bits per heavy atom. The fraction of sp³-hybridized carbons (Fsp3) is 0.917. The van der Waals surface area contributed by atoms with E-state index in [0.717, 1.165) is 32.5 Å². The van der Waals surface area contributed by atoms with Crippen molar-refractivity contribution in [3.8, 4) is 0 Å². The molecule has 0 amide bonds. The Labute approximate surface area is 98.0 Å². The lowest BCUT2D eigenvalue weighted by Gasteiger charge is -2.29. The Hall–Kier alpha value is -0.610. The second kappa shape index (κ2) is 5.64. The highest BCUT2D eigenvalue weighted by Gasteiger charge is 2.38. The standard InChI is InChI=1S/C12H24N2O2/c1-4-14(5-2)9-8-12(3,11(15)16)13-10-6-7-10/h10,13H,4-9H2,1-3H3,(H,15,16). The summed E-state index contributed by atoms with van der Waals surface area (Å²) in [6.45, 7) is 8.82. The summed E-state index contributed by atoms with van der Waals surface area (Å²) < 4.78 is 0. The number of nitrogens with zero attached hydrogens (tertiary/aromatic N) is 1. The van der Waals surface area contributed by atoms with Crippen LogP contribution in [0.2, 0.25) is 0 Å². The van der Waals surface area contributed by atoms with E-state index in [-0.39, 0.29) is 0 Å². The Balaban J connectivity index is 2.45. The zero-order valence-corrected chi connectivity index (χ0v) is 10.6. The van der Waals surface area contributed by atoms with Gasteiger partial charge in [-0.2, -0.15) is 0 Å². The van der Waals surface area contributed by atoms with E-state index in [1.807, 2.05) is 0 Å². The third-order valence-electron chi connectivity index (χ3n) is 3.39. The molecule has 94 valence electrons. The molecular formula is C12H24N2O2. The van der Waals surface area contributed by atoms with Gasteiger partial charge in [-0.25, -0.2) is 0 Å². The van der Waals surface area contributed by atoms with Gasteiger partial charge in [0.1, 0.15) is 5.54 Å². The van der Waals surface area contributed by atoms with Crippen LogP contribution in [0.3, 0.4) is 0 Å². The van der Waals surface area contributed by atoms with E-state index in [4.69, 9.17) is 0 Å². The predicted molar refractivity (Wildman–Crippen MR) is 64.6 cm³/mol. The monoisotopic (exact) mass is 228 g/mol. The van der Waals surface area contributed by atoms with Crippen LogP contribution in [-0.4, -0.2) is 47.2 Å². The highest BCUT2D eigenvalue weighted by atomic mass is 16.4. The maximum Gasteiger partial charge on any atom is 0.323 e. The van der Waals surface area contributed by atoms with Crippen LogP contribution in [0.5, 0.6) is 0 Å². The van der Waals surface area contributed by atoms with Crippen molar-refractivity contribution in [2.24, 2.45) is 0 Å². The summed E-state index contributed by atoms with van der Waals surface area (Å²) in [4.78, 5) is 13.6. The largest absolute Gasteiger partial charge is 0.480 e. The molecule has 0 aromatic carbocycles. The molecule has 0 saturated heterocycles. The quantitative estimate of drug-likeness (QED) is 0.658. The second-order valence-corrected chi connectivity index (χ2v) is 4.83. The van der Waals surface area contributed by atoms with E-state index in [1.54, 1.807) is 6.92 Å². The van der Waals surface area contributed by atoms with Gasteiger partial charge in [0.25, 0.3) is 0 Å². The minimum atomic E-state index is -0.760. The zero-order chi connectivity index (χ0) is 12.2. The Bertz CT molecular complexity index is 237. The van der Waals surface area contributed by atoms with Gasteiger partial charge in [0.05, 0.1) is 0 Å². The maximum atomic E-state index is 11.3. The number of carboxylic acids is 1. The number of hydrogen-bond donors (Lipinski definition) is 2. The fourth-order valence-corrected chi connectivity index (χ4v) is 1.84. The number of nitrogens with one attached hydrogen (secondary N) is 1. The molecule has 0 aromatic rings. The van der Waals surface area contributed by atoms with Crippen molar-refractivity contribution in [2.45, 2.75) is 51.6 Å². The minimum absolute atomic E-state index is 0.429. The van der Waals surface area contributed by atoms with Crippen LogP contribution in [0, 0.1) is 0 Å². The van der Waals surface area contributed by atoms with Gasteiger partial charge in [0.2, 0.25) is 0 Å². The first-order valence-electron chi connectivity index (χ1n) is 6.25. The van der Waals surface area contributed by atoms with Crippen molar-refractivity contribution in [3.63, 3.8) is 0 Å². The van der Waals surface area contributed by atoms with Crippen LogP contribution in [0.25, 0.3) is 0 Å². The zero-order valence-electron chi connectivity index (χ0n) is 10.6. The highest BCUT2D eigenvalue weighted by molar-refractivity contribution is 5.78. The van der Waals surface area contributed by atoms with Crippen LogP contribution < -0.4 is 5.32 Å². The van der Waals surface area contributed by atoms with E-state index < -0.39 is 11.5 Å². The van der Waals surface area contributed by atoms with Gasteiger partial charge in [0, 0.05) is 12.6 Å². The van der Waals surface area contributed by atoms with Crippen LogP contribution >= 0.6 is 0 Å². The molecule has 4 nitrogen and oxygen atoms in total. The third kappa shape index (κ3) is 3.76. The van der Waals surface area contributed by atoms with Gasteiger partial charge in [0.15, 0.2) is 0 Å². The number of carbonyl (C=O) groups is 1. The van der Waals surface area contributed by atoms with Gasteiger partial charge in [-0.15, -0.1) is 0 Å². The van der Waals surface area contributed by atoms with Gasteiger partial charge in [-0.1, -0.05) is 13.8 Å². The Kier molecular flexibility index (Phi) is 4.74. The van der Waals surface area contributed by atoms with Crippen molar-refractivity contribution in [1.82, 2.24) is 10.2 Å². The normalized spacial score (nSPS) is 19.8. The molecule has 0 aliphatic heterocycles. The predicted octanol–water partition coefficient (Wildman–Crippen LogP) is 1.31. The molecule has 2 N–H and O–H groups in total. The fourth-order valence-electron chi connectivity index (χ4n) is 1.84. The van der Waals surface area contributed by atoms with Crippen molar-refractivity contribution < 1.29 is 9.90 Å². The van der Waals surface area contributed by atoms with Gasteiger partial charge < -0.3 is 10.0 Å². The van der Waals surface area contributed by atoms with E-state index in [1.165, 1.54) is 0 Å². The second-order valence-electron chi connectivity index (χ2n) is 4.83. The van der Waals surface area contributed by atoms with Crippen LogP contribution in [-0.2, 0) is 4.79 Å². The molecule has 4 heteroatoms. The molecule has 1 aliphatic rings. The number of carboxylic acid groups (broad SMARTS) is 1. The molecule has 1 rings (SSSR count). The molecule has 0 bridgehead atoms. The summed E-state index contributed by atoms with van der Waals surface area (Å²) in [5.74, 6) is -0.730. The van der Waals surface area contributed by atoms with Crippen molar-refractivity contribution in [2.75, 3.05) is 19.6 Å². The van der Waals surface area contributed by atoms with Gasteiger partial charge in [-0.3, -0.25) is 10.1 Å². The topological polar surface area (TPSA) is 52.6 Å². The number of aliphatic carboxylic acids is 1. The number of rotatable bonds is 8. The van der Waals surface area contributed by atoms with Crippen LogP contribution in [0.4, 0.5) is 0 Å². The molecular weight excluding hydrogens is 204 g/mol. The van der Waals surface area contributed by atoms with Gasteiger partial charge in [-0.05, 0) is 39.3 Å². The molecule has 1 saturated carbocycles. The van der Waals surface area contributed by atoms with Crippen LogP contribution in [0.15, 0.2) is 0 Å². The summed E-state index contributed by atoms with van der Waals surface area (Å²) >= 11 is 0. The molecule has 16 heavy (non-hydrogen) atoms. The van der Waals surface area contributed by atoms with Gasteiger partial charge >= 0.3 is 5.97 Å². The average Bonchev–Trinajstić information content (AvgIpc) is 3.03. The minimum Gasteiger partial charge on any atom is -0.480 e. The third-order valence-corrected chi connectivity index (χ3v) is 3.39. The summed E-state index contributed by atoms with van der Waals surface area (Å²) in [7, 11) is 0. The van der Waals surface area contributed by atoms with E-state index >= 15 is 0 Å². The lowest BCUT2D eigenvalue weighted by molar-refractivity contribution is -0.144. The molecule has 0 heterocycles. The first-order valence-corrected chi connectivity index (χ1v) is 6.25. The average molecular weight is 228 g/mol. The van der Waals surface area contributed by atoms with Crippen LogP contribution in [0.1, 0.15) is 40.0 Å². The molecule has 1 fully saturated rings. The molecule has 0 radical (unpaired) electrons. The molecule has 1 unspecified atom stereocenters. The SMILES string of the molecule is CCN(CC)CCC(C)(NC1CC1)C(=O)O. The summed E-state index contributed by atoms with van der Waals surface area (Å²) in [6.07, 6.45) is 2.91. The first kappa shape index (κ1) is 13.5. The smallest absolute Gasteiger partial charge is 0.323 e. The molecule has 0 spiro atoms. The molecule has 1 aliphatic carbocycles. The molecule has 0 aromatic heterocycles. The Morgan fingerprint density at radius 2 is 2.00 bits per heavy atom. The van der Waals surface area contributed by atoms with E-state index in [2.05, 4.69) is 24.1 Å². The highest BCUT2D eigenvalue weighted by Crippen LogP contribution is 2.24. The summed E-state index contributed by atoms with van der Waals surface area (Å²) in [5, 5.41) is 12.5. The van der Waals surface area contributed by atoms with Crippen molar-refractivity contribution in [1.29, 1.82) is 0 Å². The molecule has 1 atom stereocenters.